The zero-order chi connectivity index (χ0) is 14.2. The van der Waals surface area contributed by atoms with E-state index in [1.165, 1.54) is 11.3 Å². The van der Waals surface area contributed by atoms with E-state index < -0.39 is 0 Å². The van der Waals surface area contributed by atoms with Crippen molar-refractivity contribution in [3.63, 3.8) is 0 Å². The van der Waals surface area contributed by atoms with Gasteiger partial charge in [0.15, 0.2) is 0 Å². The van der Waals surface area contributed by atoms with Gasteiger partial charge in [-0.15, -0.1) is 0 Å². The number of aliphatic hydroxyl groups excluding tert-OH is 1. The Kier molecular flexibility index (Phi) is 5.84. The van der Waals surface area contributed by atoms with Crippen LogP contribution in [0.4, 0.5) is 0 Å². The highest BCUT2D eigenvalue weighted by atomic mass is 16.3. The Morgan fingerprint density at radius 2 is 1.95 bits per heavy atom. The lowest BCUT2D eigenvalue weighted by Crippen LogP contribution is -2.34. The minimum Gasteiger partial charge on any atom is -0.395 e. The molecule has 0 aliphatic heterocycles. The van der Waals surface area contributed by atoms with Gasteiger partial charge < -0.3 is 15.0 Å². The Hall–Kier alpha value is -1.58. The fraction of sp³-hybridized carbons (Fsp3) is 0.412. The first-order chi connectivity index (χ1) is 9.83. The molecule has 1 aromatic heterocycles. The highest BCUT2D eigenvalue weighted by molar-refractivity contribution is 5.16. The van der Waals surface area contributed by atoms with Crippen molar-refractivity contribution in [3.05, 3.63) is 59.9 Å². The zero-order valence-corrected chi connectivity index (χ0v) is 12.1. The van der Waals surface area contributed by atoms with Crippen LogP contribution in [0.5, 0.6) is 0 Å². The molecule has 3 heteroatoms. The minimum absolute atomic E-state index is 0.0994. The molecule has 0 aliphatic carbocycles. The first kappa shape index (κ1) is 14.8. The van der Waals surface area contributed by atoms with E-state index in [9.17, 15) is 5.11 Å². The molecule has 0 unspecified atom stereocenters. The highest BCUT2D eigenvalue weighted by Crippen LogP contribution is 2.06. The van der Waals surface area contributed by atoms with Gasteiger partial charge in [-0.2, -0.15) is 0 Å². The highest BCUT2D eigenvalue weighted by Gasteiger charge is 2.09. The quantitative estimate of drug-likeness (QED) is 0.775. The smallest absolute Gasteiger partial charge is 0.0588 e. The summed E-state index contributed by atoms with van der Waals surface area (Å²) in [5.74, 6) is 0. The molecule has 20 heavy (non-hydrogen) atoms. The summed E-state index contributed by atoms with van der Waals surface area (Å²) in [6.07, 6.45) is 4.10. The van der Waals surface area contributed by atoms with Crippen LogP contribution in [0.3, 0.4) is 0 Å². The standard InChI is InChI=1S/C17H24N2O/c1-2-10-19-11-6-9-17(19)13-18-16(14-20)12-15-7-4-3-5-8-15/h3-9,11,16,18,20H,2,10,12-14H2,1H3/t16-/m0/s1. The summed E-state index contributed by atoms with van der Waals surface area (Å²) in [5, 5.41) is 13.0. The largest absolute Gasteiger partial charge is 0.395 e. The van der Waals surface area contributed by atoms with Crippen molar-refractivity contribution in [2.75, 3.05) is 6.61 Å². The van der Waals surface area contributed by atoms with Gasteiger partial charge in [-0.05, 0) is 30.5 Å². The van der Waals surface area contributed by atoms with E-state index in [0.717, 1.165) is 25.9 Å². The second-order valence-electron chi connectivity index (χ2n) is 5.14. The zero-order valence-electron chi connectivity index (χ0n) is 12.1. The minimum atomic E-state index is 0.0994. The van der Waals surface area contributed by atoms with Gasteiger partial charge in [0.25, 0.3) is 0 Å². The van der Waals surface area contributed by atoms with Gasteiger partial charge in [0.05, 0.1) is 6.61 Å². The first-order valence-electron chi connectivity index (χ1n) is 7.35. The molecule has 0 radical (unpaired) electrons. The average Bonchev–Trinajstić information content (AvgIpc) is 2.92. The van der Waals surface area contributed by atoms with Crippen molar-refractivity contribution >= 4 is 0 Å². The molecule has 0 fully saturated rings. The maximum Gasteiger partial charge on any atom is 0.0588 e. The van der Waals surface area contributed by atoms with Gasteiger partial charge in [0.1, 0.15) is 0 Å². The van der Waals surface area contributed by atoms with Crippen LogP contribution in [0.25, 0.3) is 0 Å². The number of benzene rings is 1. The molecule has 1 aromatic carbocycles. The lowest BCUT2D eigenvalue weighted by atomic mass is 10.1. The number of nitrogens with zero attached hydrogens (tertiary/aromatic N) is 1. The third-order valence-corrected chi connectivity index (χ3v) is 3.51. The first-order valence-corrected chi connectivity index (χ1v) is 7.35. The summed E-state index contributed by atoms with van der Waals surface area (Å²) in [5.41, 5.74) is 2.53. The van der Waals surface area contributed by atoms with Crippen LogP contribution in [0, 0.1) is 0 Å². The number of nitrogens with one attached hydrogen (secondary N) is 1. The Labute approximate surface area is 121 Å². The van der Waals surface area contributed by atoms with Crippen molar-refractivity contribution in [1.82, 2.24) is 9.88 Å². The normalized spacial score (nSPS) is 12.5. The average molecular weight is 272 g/mol. The van der Waals surface area contributed by atoms with E-state index in [0.29, 0.717) is 0 Å². The molecule has 0 saturated carbocycles. The summed E-state index contributed by atoms with van der Waals surface area (Å²) in [4.78, 5) is 0. The van der Waals surface area contributed by atoms with Crippen molar-refractivity contribution < 1.29 is 5.11 Å². The van der Waals surface area contributed by atoms with Gasteiger partial charge >= 0.3 is 0 Å². The molecule has 1 heterocycles. The second-order valence-corrected chi connectivity index (χ2v) is 5.14. The van der Waals surface area contributed by atoms with E-state index in [4.69, 9.17) is 0 Å². The van der Waals surface area contributed by atoms with E-state index in [-0.39, 0.29) is 12.6 Å². The van der Waals surface area contributed by atoms with E-state index in [1.807, 2.05) is 18.2 Å². The molecule has 0 amide bonds. The third kappa shape index (κ3) is 4.22. The Morgan fingerprint density at radius 3 is 2.65 bits per heavy atom. The lowest BCUT2D eigenvalue weighted by Gasteiger charge is -2.17. The fourth-order valence-corrected chi connectivity index (χ4v) is 2.42. The summed E-state index contributed by atoms with van der Waals surface area (Å²) < 4.78 is 2.27. The molecule has 0 aliphatic rings. The van der Waals surface area contributed by atoms with Crippen LogP contribution < -0.4 is 5.32 Å². The summed E-state index contributed by atoms with van der Waals surface area (Å²) in [6.45, 7) is 4.18. The molecule has 2 rings (SSSR count). The number of aromatic nitrogens is 1. The van der Waals surface area contributed by atoms with Crippen LogP contribution in [0.15, 0.2) is 48.7 Å². The molecular weight excluding hydrogens is 248 g/mol. The van der Waals surface area contributed by atoms with Gasteiger partial charge in [0, 0.05) is 31.0 Å². The van der Waals surface area contributed by atoms with Gasteiger partial charge in [-0.3, -0.25) is 0 Å². The number of aliphatic hydroxyl groups is 1. The van der Waals surface area contributed by atoms with Gasteiger partial charge in [-0.1, -0.05) is 37.3 Å². The molecule has 0 saturated heterocycles. The summed E-state index contributed by atoms with van der Waals surface area (Å²) >= 11 is 0. The lowest BCUT2D eigenvalue weighted by molar-refractivity contribution is 0.240. The van der Waals surface area contributed by atoms with Crippen molar-refractivity contribution in [3.8, 4) is 0 Å². The molecule has 0 spiro atoms. The predicted octanol–water partition coefficient (Wildman–Crippen LogP) is 2.59. The maximum atomic E-state index is 9.52. The van der Waals surface area contributed by atoms with Crippen LogP contribution in [0.1, 0.15) is 24.6 Å². The predicted molar refractivity (Wildman–Crippen MR) is 82.6 cm³/mol. The van der Waals surface area contributed by atoms with Crippen molar-refractivity contribution in [2.45, 2.75) is 38.9 Å². The number of rotatable bonds is 8. The van der Waals surface area contributed by atoms with Gasteiger partial charge in [0.2, 0.25) is 0 Å². The molecule has 108 valence electrons. The maximum absolute atomic E-state index is 9.52. The van der Waals surface area contributed by atoms with Crippen LogP contribution in [-0.4, -0.2) is 22.3 Å². The molecule has 0 bridgehead atoms. The van der Waals surface area contributed by atoms with Crippen LogP contribution >= 0.6 is 0 Å². The van der Waals surface area contributed by atoms with E-state index in [2.05, 4.69) is 47.3 Å². The fourth-order valence-electron chi connectivity index (χ4n) is 2.42. The van der Waals surface area contributed by atoms with Gasteiger partial charge in [-0.25, -0.2) is 0 Å². The van der Waals surface area contributed by atoms with Crippen molar-refractivity contribution in [2.24, 2.45) is 0 Å². The monoisotopic (exact) mass is 272 g/mol. The number of hydrogen-bond acceptors (Lipinski definition) is 2. The molecule has 3 nitrogen and oxygen atoms in total. The van der Waals surface area contributed by atoms with E-state index >= 15 is 0 Å². The SMILES string of the molecule is CCCn1cccc1CN[C@H](CO)Cc1ccccc1. The molecule has 2 N–H and O–H groups in total. The van der Waals surface area contributed by atoms with Crippen molar-refractivity contribution in [1.29, 1.82) is 0 Å². The third-order valence-electron chi connectivity index (χ3n) is 3.51. The van der Waals surface area contributed by atoms with Crippen LogP contribution in [-0.2, 0) is 19.5 Å². The number of hydrogen-bond donors (Lipinski definition) is 2. The number of aryl methyl sites for hydroxylation is 1. The summed E-state index contributed by atoms with van der Waals surface area (Å²) in [7, 11) is 0. The molecule has 1 atom stereocenters. The second kappa shape index (κ2) is 7.88. The Morgan fingerprint density at radius 1 is 1.15 bits per heavy atom. The topological polar surface area (TPSA) is 37.2 Å². The van der Waals surface area contributed by atoms with E-state index in [1.54, 1.807) is 0 Å². The Balaban J connectivity index is 1.89. The molecular formula is C17H24N2O. The molecule has 2 aromatic rings. The Bertz CT molecular complexity index is 493. The summed E-state index contributed by atoms with van der Waals surface area (Å²) in [6, 6.07) is 14.6. The van der Waals surface area contributed by atoms with Crippen LogP contribution in [0.2, 0.25) is 0 Å².